The van der Waals surface area contributed by atoms with E-state index in [0.29, 0.717) is 26.1 Å². The third-order valence-corrected chi connectivity index (χ3v) is 4.49. The van der Waals surface area contributed by atoms with Crippen molar-refractivity contribution in [2.24, 2.45) is 5.92 Å². The van der Waals surface area contributed by atoms with Crippen molar-refractivity contribution in [3.8, 4) is 0 Å². The van der Waals surface area contributed by atoms with Gasteiger partial charge in [-0.1, -0.05) is 30.3 Å². The maximum Gasteiger partial charge on any atom is 0.410 e. The van der Waals surface area contributed by atoms with Crippen molar-refractivity contribution in [2.45, 2.75) is 38.8 Å². The van der Waals surface area contributed by atoms with Gasteiger partial charge in [0.05, 0.1) is 12.0 Å². The van der Waals surface area contributed by atoms with Crippen molar-refractivity contribution in [2.75, 3.05) is 33.7 Å². The number of nitrogens with zero attached hydrogens (tertiary/aromatic N) is 2. The Labute approximate surface area is 156 Å². The zero-order valence-corrected chi connectivity index (χ0v) is 16.5. The maximum absolute atomic E-state index is 12.5. The first-order valence-electron chi connectivity index (χ1n) is 9.14. The molecule has 26 heavy (non-hydrogen) atoms. The van der Waals surface area contributed by atoms with Crippen LogP contribution in [0.4, 0.5) is 4.79 Å². The first-order valence-corrected chi connectivity index (χ1v) is 9.14. The average molecular weight is 361 g/mol. The summed E-state index contributed by atoms with van der Waals surface area (Å²) in [5.41, 5.74) is 0.645. The first kappa shape index (κ1) is 20.2. The van der Waals surface area contributed by atoms with E-state index in [4.69, 9.17) is 4.74 Å². The molecule has 6 nitrogen and oxygen atoms in total. The number of carbonyl (C=O) groups is 2. The molecule has 1 fully saturated rings. The molecule has 1 aromatic rings. The second-order valence-corrected chi connectivity index (χ2v) is 8.05. The van der Waals surface area contributed by atoms with Crippen LogP contribution in [0, 0.1) is 5.92 Å². The summed E-state index contributed by atoms with van der Waals surface area (Å²) in [6, 6.07) is 10.2. The van der Waals surface area contributed by atoms with Crippen LogP contribution in [0.25, 0.3) is 0 Å². The van der Waals surface area contributed by atoms with Crippen LogP contribution in [0.2, 0.25) is 0 Å². The molecule has 0 spiro atoms. The van der Waals surface area contributed by atoms with Crippen molar-refractivity contribution < 1.29 is 14.3 Å². The highest BCUT2D eigenvalue weighted by atomic mass is 16.6. The molecule has 1 saturated heterocycles. The Morgan fingerprint density at radius 2 is 1.92 bits per heavy atom. The number of ether oxygens (including phenoxy) is 1. The van der Waals surface area contributed by atoms with Gasteiger partial charge in [-0.05, 0) is 46.9 Å². The highest BCUT2D eigenvalue weighted by Crippen LogP contribution is 2.21. The van der Waals surface area contributed by atoms with Crippen LogP contribution in [0.3, 0.4) is 0 Å². The summed E-state index contributed by atoms with van der Waals surface area (Å²) >= 11 is 0. The highest BCUT2D eigenvalue weighted by molar-refractivity contribution is 5.80. The number of amides is 2. The lowest BCUT2D eigenvalue weighted by molar-refractivity contribution is -0.124. The fourth-order valence-electron chi connectivity index (χ4n) is 3.08. The van der Waals surface area contributed by atoms with E-state index in [1.54, 1.807) is 4.90 Å². The highest BCUT2D eigenvalue weighted by Gasteiger charge is 2.33. The van der Waals surface area contributed by atoms with Gasteiger partial charge in [-0.2, -0.15) is 0 Å². The second-order valence-electron chi connectivity index (χ2n) is 8.05. The lowest BCUT2D eigenvalue weighted by Crippen LogP contribution is -2.40. The molecule has 2 amide bonds. The Bertz CT molecular complexity index is 610. The van der Waals surface area contributed by atoms with Gasteiger partial charge in [0.1, 0.15) is 5.60 Å². The number of benzene rings is 1. The normalized spacial score (nSPS) is 18.7. The first-order chi connectivity index (χ1) is 12.2. The SMILES string of the molecule is CN(C)C(CNC(=O)C1CCN(C(=O)OC(C)(C)C)C1)c1ccccc1. The summed E-state index contributed by atoms with van der Waals surface area (Å²) in [7, 11) is 4.01. The van der Waals surface area contributed by atoms with Crippen molar-refractivity contribution in [3.63, 3.8) is 0 Å². The third kappa shape index (κ3) is 5.73. The minimum Gasteiger partial charge on any atom is -0.444 e. The van der Waals surface area contributed by atoms with Gasteiger partial charge in [0.2, 0.25) is 5.91 Å². The zero-order chi connectivity index (χ0) is 19.3. The molecular weight excluding hydrogens is 330 g/mol. The van der Waals surface area contributed by atoms with E-state index < -0.39 is 5.60 Å². The smallest absolute Gasteiger partial charge is 0.410 e. The molecule has 0 bridgehead atoms. The standard InChI is InChI=1S/C20H31N3O3/c1-20(2,3)26-19(25)23-12-11-16(14-23)18(24)21-13-17(22(4)5)15-9-7-6-8-10-15/h6-10,16-17H,11-14H2,1-5H3,(H,21,24). The van der Waals surface area contributed by atoms with E-state index >= 15 is 0 Å². The van der Waals surface area contributed by atoms with Crippen molar-refractivity contribution in [1.29, 1.82) is 0 Å². The monoisotopic (exact) mass is 361 g/mol. The molecule has 2 unspecified atom stereocenters. The van der Waals surface area contributed by atoms with Gasteiger partial charge in [0, 0.05) is 19.6 Å². The topological polar surface area (TPSA) is 61.9 Å². The van der Waals surface area contributed by atoms with E-state index in [-0.39, 0.29) is 24.0 Å². The molecule has 0 radical (unpaired) electrons. The number of likely N-dealkylation sites (N-methyl/N-ethyl adjacent to an activating group) is 1. The van der Waals surface area contributed by atoms with Crippen LogP contribution < -0.4 is 5.32 Å². The van der Waals surface area contributed by atoms with Crippen LogP contribution in [-0.4, -0.2) is 61.1 Å². The quantitative estimate of drug-likeness (QED) is 0.876. The fourth-order valence-corrected chi connectivity index (χ4v) is 3.08. The summed E-state index contributed by atoms with van der Waals surface area (Å²) < 4.78 is 5.39. The fraction of sp³-hybridized carbons (Fsp3) is 0.600. The molecule has 0 saturated carbocycles. The van der Waals surface area contributed by atoms with Gasteiger partial charge in [-0.3, -0.25) is 4.79 Å². The predicted molar refractivity (Wildman–Crippen MR) is 102 cm³/mol. The van der Waals surface area contributed by atoms with Gasteiger partial charge in [-0.25, -0.2) is 4.79 Å². The molecule has 1 heterocycles. The molecule has 1 aliphatic heterocycles. The lowest BCUT2D eigenvalue weighted by atomic mass is 10.0. The molecule has 1 aliphatic rings. The summed E-state index contributed by atoms with van der Waals surface area (Å²) in [4.78, 5) is 28.4. The van der Waals surface area contributed by atoms with Crippen LogP contribution in [0.15, 0.2) is 30.3 Å². The van der Waals surface area contributed by atoms with E-state index in [1.807, 2.05) is 53.1 Å². The third-order valence-electron chi connectivity index (χ3n) is 4.49. The van der Waals surface area contributed by atoms with E-state index in [0.717, 1.165) is 0 Å². The maximum atomic E-state index is 12.5. The minimum atomic E-state index is -0.522. The average Bonchev–Trinajstić information content (AvgIpc) is 3.04. The molecule has 6 heteroatoms. The number of nitrogens with one attached hydrogen (secondary N) is 1. The van der Waals surface area contributed by atoms with Gasteiger partial charge in [0.25, 0.3) is 0 Å². The number of likely N-dealkylation sites (tertiary alicyclic amines) is 1. The molecule has 2 atom stereocenters. The number of hydrogen-bond acceptors (Lipinski definition) is 4. The van der Waals surface area contributed by atoms with Crippen molar-refractivity contribution in [3.05, 3.63) is 35.9 Å². The molecule has 144 valence electrons. The van der Waals surface area contributed by atoms with Gasteiger partial charge >= 0.3 is 6.09 Å². The van der Waals surface area contributed by atoms with Gasteiger partial charge < -0.3 is 19.9 Å². The number of carbonyl (C=O) groups excluding carboxylic acids is 2. The van der Waals surface area contributed by atoms with E-state index in [1.165, 1.54) is 5.56 Å². The van der Waals surface area contributed by atoms with Gasteiger partial charge in [0.15, 0.2) is 0 Å². The second kappa shape index (κ2) is 8.54. The van der Waals surface area contributed by atoms with Crippen LogP contribution >= 0.6 is 0 Å². The Hall–Kier alpha value is -2.08. The molecule has 0 aromatic heterocycles. The van der Waals surface area contributed by atoms with Gasteiger partial charge in [-0.15, -0.1) is 0 Å². The van der Waals surface area contributed by atoms with Crippen LogP contribution in [0.1, 0.15) is 38.8 Å². The lowest BCUT2D eigenvalue weighted by Gasteiger charge is -2.26. The Kier molecular flexibility index (Phi) is 6.64. The molecular formula is C20H31N3O3. The largest absolute Gasteiger partial charge is 0.444 e. The Balaban J connectivity index is 1.87. The summed E-state index contributed by atoms with van der Waals surface area (Å²) in [5.74, 6) is -0.181. The van der Waals surface area contributed by atoms with Crippen LogP contribution in [-0.2, 0) is 9.53 Å². The molecule has 2 rings (SSSR count). The summed E-state index contributed by atoms with van der Waals surface area (Å²) in [6.07, 6.45) is 0.325. The van der Waals surface area contributed by atoms with Crippen LogP contribution in [0.5, 0.6) is 0 Å². The Morgan fingerprint density at radius 3 is 2.50 bits per heavy atom. The van der Waals surface area contributed by atoms with Crippen molar-refractivity contribution >= 4 is 12.0 Å². The molecule has 1 N–H and O–H groups in total. The number of rotatable bonds is 5. The summed E-state index contributed by atoms with van der Waals surface area (Å²) in [6.45, 7) is 7.04. The summed E-state index contributed by atoms with van der Waals surface area (Å²) in [5, 5.41) is 3.05. The number of hydrogen-bond donors (Lipinski definition) is 1. The van der Waals surface area contributed by atoms with E-state index in [2.05, 4.69) is 22.3 Å². The zero-order valence-electron chi connectivity index (χ0n) is 16.5. The minimum absolute atomic E-state index is 0.00107. The predicted octanol–water partition coefficient (Wildman–Crippen LogP) is 2.66. The Morgan fingerprint density at radius 1 is 1.27 bits per heavy atom. The molecule has 0 aliphatic carbocycles. The molecule has 1 aromatic carbocycles. The van der Waals surface area contributed by atoms with Crippen molar-refractivity contribution in [1.82, 2.24) is 15.1 Å². The van der Waals surface area contributed by atoms with E-state index in [9.17, 15) is 9.59 Å².